The molecule has 0 atom stereocenters. The molecule has 4 rings (SSSR count). The highest BCUT2D eigenvalue weighted by molar-refractivity contribution is 6.33. The third kappa shape index (κ3) is 5.84. The van der Waals surface area contributed by atoms with E-state index in [1.165, 1.54) is 6.33 Å². The first kappa shape index (κ1) is 21.8. The third-order valence-electron chi connectivity index (χ3n) is 5.69. The number of hydrogen-bond donors (Lipinski definition) is 1. The van der Waals surface area contributed by atoms with Gasteiger partial charge in [-0.05, 0) is 45.0 Å². The Kier molecular flexibility index (Phi) is 6.60. The second-order valence-electron chi connectivity index (χ2n) is 8.40. The van der Waals surface area contributed by atoms with Crippen molar-refractivity contribution in [3.63, 3.8) is 0 Å². The summed E-state index contributed by atoms with van der Waals surface area (Å²) in [5.74, 6) is 1.40. The zero-order chi connectivity index (χ0) is 21.8. The molecule has 1 aliphatic carbocycles. The van der Waals surface area contributed by atoms with Crippen molar-refractivity contribution in [2.45, 2.75) is 25.4 Å². The van der Waals surface area contributed by atoms with Gasteiger partial charge in [0.15, 0.2) is 11.5 Å². The molecule has 0 radical (unpaired) electrons. The van der Waals surface area contributed by atoms with Gasteiger partial charge in [0, 0.05) is 44.5 Å². The number of piperazine rings is 1. The quantitative estimate of drug-likeness (QED) is 0.626. The highest BCUT2D eigenvalue weighted by Gasteiger charge is 2.41. The summed E-state index contributed by atoms with van der Waals surface area (Å²) in [6, 6.07) is 5.57. The number of aliphatic imine (C=N–C) groups is 1. The number of ether oxygens (including phenoxy) is 2. The van der Waals surface area contributed by atoms with Gasteiger partial charge in [-0.25, -0.2) is 9.98 Å². The molecule has 166 valence electrons. The summed E-state index contributed by atoms with van der Waals surface area (Å²) in [7, 11) is 2.15. The zero-order valence-electron chi connectivity index (χ0n) is 18.1. The van der Waals surface area contributed by atoms with Gasteiger partial charge >= 0.3 is 0 Å². The highest BCUT2D eigenvalue weighted by atomic mass is 35.5. The van der Waals surface area contributed by atoms with Crippen LogP contribution in [0.15, 0.2) is 29.5 Å². The maximum absolute atomic E-state index is 6.45. The van der Waals surface area contributed by atoms with E-state index in [4.69, 9.17) is 26.8 Å². The molecule has 0 unspecified atom stereocenters. The Morgan fingerprint density at radius 2 is 2.00 bits per heavy atom. The number of anilines is 1. The number of rotatable bonds is 8. The molecule has 1 saturated carbocycles. The monoisotopic (exact) mass is 444 g/mol. The van der Waals surface area contributed by atoms with Gasteiger partial charge in [-0.3, -0.25) is 4.90 Å². The minimum Gasteiger partial charge on any atom is -0.492 e. The number of nitrogen functional groups attached to an aromatic ring is 1. The van der Waals surface area contributed by atoms with Gasteiger partial charge in [-0.2, -0.15) is 4.98 Å². The van der Waals surface area contributed by atoms with Gasteiger partial charge in [0.1, 0.15) is 24.3 Å². The number of nitrogens with two attached hydrogens (primary N) is 1. The lowest BCUT2D eigenvalue weighted by atomic mass is 10.2. The molecule has 0 amide bonds. The Morgan fingerprint density at radius 3 is 2.71 bits per heavy atom. The summed E-state index contributed by atoms with van der Waals surface area (Å²) in [5.41, 5.74) is 6.98. The molecule has 0 spiro atoms. The average Bonchev–Trinajstić information content (AvgIpc) is 3.47. The molecular weight excluding hydrogens is 416 g/mol. The number of halogens is 1. The fourth-order valence-corrected chi connectivity index (χ4v) is 3.50. The van der Waals surface area contributed by atoms with Crippen LogP contribution in [0, 0.1) is 0 Å². The Labute approximate surface area is 188 Å². The van der Waals surface area contributed by atoms with Crippen molar-refractivity contribution in [3.8, 4) is 11.6 Å². The van der Waals surface area contributed by atoms with E-state index in [1.807, 2.05) is 19.1 Å². The van der Waals surface area contributed by atoms with Crippen LogP contribution in [0.4, 0.5) is 11.5 Å². The van der Waals surface area contributed by atoms with Crippen molar-refractivity contribution >= 4 is 29.3 Å². The van der Waals surface area contributed by atoms with Crippen LogP contribution >= 0.6 is 11.6 Å². The topological polar surface area (TPSA) is 89.1 Å². The molecule has 2 aliphatic rings. The van der Waals surface area contributed by atoms with Gasteiger partial charge in [-0.15, -0.1) is 0 Å². The van der Waals surface area contributed by atoms with Gasteiger partial charge in [0.25, 0.3) is 0 Å². The standard InChI is InChI=1S/C22H29ClN6O2/c1-22(5-6-22)31-21-19(20(24)26-15-27-21)25-14-16-3-4-17(13-18(16)23)30-12-11-29-9-7-28(2)8-10-29/h3-4,13-15H,5-12H2,1-2H3,(H2,24,26,27). The van der Waals surface area contributed by atoms with Crippen LogP contribution < -0.4 is 15.2 Å². The van der Waals surface area contributed by atoms with E-state index in [1.54, 1.807) is 12.3 Å². The Hall–Kier alpha value is -2.42. The van der Waals surface area contributed by atoms with E-state index in [0.29, 0.717) is 23.2 Å². The van der Waals surface area contributed by atoms with E-state index >= 15 is 0 Å². The number of benzene rings is 1. The lowest BCUT2D eigenvalue weighted by Crippen LogP contribution is -2.45. The molecule has 2 aromatic rings. The Balaban J connectivity index is 1.37. The van der Waals surface area contributed by atoms with Crippen LogP contribution in [0.2, 0.25) is 5.02 Å². The molecular formula is C22H29ClN6O2. The molecule has 31 heavy (non-hydrogen) atoms. The smallest absolute Gasteiger partial charge is 0.245 e. The molecule has 0 bridgehead atoms. The fraction of sp³-hybridized carbons (Fsp3) is 0.500. The van der Waals surface area contributed by atoms with Crippen molar-refractivity contribution in [1.82, 2.24) is 19.8 Å². The predicted molar refractivity (Wildman–Crippen MR) is 123 cm³/mol. The number of nitrogens with zero attached hydrogens (tertiary/aromatic N) is 5. The fourth-order valence-electron chi connectivity index (χ4n) is 3.28. The summed E-state index contributed by atoms with van der Waals surface area (Å²) in [4.78, 5) is 17.5. The molecule has 9 heteroatoms. The molecule has 2 fully saturated rings. The van der Waals surface area contributed by atoms with Crippen LogP contribution in [0.3, 0.4) is 0 Å². The van der Waals surface area contributed by atoms with E-state index in [0.717, 1.165) is 56.9 Å². The third-order valence-corrected chi connectivity index (χ3v) is 6.02. The minimum absolute atomic E-state index is 0.189. The molecule has 1 saturated heterocycles. The molecule has 1 aliphatic heterocycles. The summed E-state index contributed by atoms with van der Waals surface area (Å²) < 4.78 is 11.8. The van der Waals surface area contributed by atoms with E-state index < -0.39 is 0 Å². The zero-order valence-corrected chi connectivity index (χ0v) is 18.8. The van der Waals surface area contributed by atoms with Crippen LogP contribution in [-0.4, -0.2) is 78.0 Å². The number of likely N-dealkylation sites (N-methyl/N-ethyl adjacent to an activating group) is 1. The van der Waals surface area contributed by atoms with E-state index in [-0.39, 0.29) is 11.4 Å². The second kappa shape index (κ2) is 9.38. The van der Waals surface area contributed by atoms with Crippen molar-refractivity contribution in [1.29, 1.82) is 0 Å². The highest BCUT2D eigenvalue weighted by Crippen LogP contribution is 2.42. The molecule has 8 nitrogen and oxygen atoms in total. The molecule has 1 aromatic heterocycles. The Bertz CT molecular complexity index is 942. The van der Waals surface area contributed by atoms with E-state index in [2.05, 4.69) is 31.8 Å². The summed E-state index contributed by atoms with van der Waals surface area (Å²) in [6.07, 6.45) is 5.01. The Morgan fingerprint density at radius 1 is 1.23 bits per heavy atom. The first-order chi connectivity index (χ1) is 14.9. The molecule has 2 N–H and O–H groups in total. The largest absolute Gasteiger partial charge is 0.492 e. The summed E-state index contributed by atoms with van der Waals surface area (Å²) in [6.45, 7) is 7.93. The minimum atomic E-state index is -0.189. The SMILES string of the molecule is CN1CCN(CCOc2ccc(C=Nc3c(N)ncnc3OC3(C)CC3)c(Cl)c2)CC1. The van der Waals surface area contributed by atoms with Crippen LogP contribution in [0.5, 0.6) is 11.6 Å². The second-order valence-corrected chi connectivity index (χ2v) is 8.81. The van der Waals surface area contributed by atoms with Gasteiger partial charge in [-0.1, -0.05) is 11.6 Å². The van der Waals surface area contributed by atoms with Gasteiger partial charge in [0.2, 0.25) is 5.88 Å². The first-order valence-corrected chi connectivity index (χ1v) is 11.0. The molecule has 2 heterocycles. The first-order valence-electron chi connectivity index (χ1n) is 10.6. The van der Waals surface area contributed by atoms with Gasteiger partial charge < -0.3 is 20.1 Å². The normalized spacial score (nSPS) is 18.9. The lowest BCUT2D eigenvalue weighted by Gasteiger charge is -2.32. The molecule has 1 aromatic carbocycles. The van der Waals surface area contributed by atoms with E-state index in [9.17, 15) is 0 Å². The number of hydrogen-bond acceptors (Lipinski definition) is 8. The van der Waals surface area contributed by atoms with Crippen molar-refractivity contribution < 1.29 is 9.47 Å². The van der Waals surface area contributed by atoms with Crippen molar-refractivity contribution in [2.24, 2.45) is 4.99 Å². The predicted octanol–water partition coefficient (Wildman–Crippen LogP) is 3.02. The average molecular weight is 445 g/mol. The van der Waals surface area contributed by atoms with Gasteiger partial charge in [0.05, 0.1) is 5.02 Å². The maximum Gasteiger partial charge on any atom is 0.245 e. The summed E-state index contributed by atoms with van der Waals surface area (Å²) in [5, 5.41) is 0.549. The van der Waals surface area contributed by atoms with Crippen LogP contribution in [-0.2, 0) is 0 Å². The van der Waals surface area contributed by atoms with Crippen molar-refractivity contribution in [3.05, 3.63) is 35.1 Å². The van der Waals surface area contributed by atoms with Crippen molar-refractivity contribution in [2.75, 3.05) is 52.1 Å². The number of aromatic nitrogens is 2. The lowest BCUT2D eigenvalue weighted by molar-refractivity contribution is 0.134. The maximum atomic E-state index is 6.45. The van der Waals surface area contributed by atoms with Crippen LogP contribution in [0.25, 0.3) is 0 Å². The van der Waals surface area contributed by atoms with Crippen LogP contribution in [0.1, 0.15) is 25.3 Å². The summed E-state index contributed by atoms with van der Waals surface area (Å²) >= 11 is 6.45.